The fourth-order valence-electron chi connectivity index (χ4n) is 1.64. The van der Waals surface area contributed by atoms with Gasteiger partial charge in [-0.15, -0.1) is 11.8 Å². The summed E-state index contributed by atoms with van der Waals surface area (Å²) >= 11 is 1.46. The summed E-state index contributed by atoms with van der Waals surface area (Å²) in [4.78, 5) is 11.2. The van der Waals surface area contributed by atoms with Crippen molar-refractivity contribution in [2.24, 2.45) is 0 Å². The molecule has 1 N–H and O–H groups in total. The SMILES string of the molecule is CCCCOCCSC(Cc1ccccc1)C(=O)O. The molecule has 0 heterocycles. The van der Waals surface area contributed by atoms with Crippen molar-refractivity contribution in [1.29, 1.82) is 0 Å². The van der Waals surface area contributed by atoms with Crippen LogP contribution in [0.15, 0.2) is 30.3 Å². The lowest BCUT2D eigenvalue weighted by Gasteiger charge is -2.12. The van der Waals surface area contributed by atoms with Crippen LogP contribution in [-0.2, 0) is 16.0 Å². The summed E-state index contributed by atoms with van der Waals surface area (Å²) in [5, 5.41) is 8.82. The van der Waals surface area contributed by atoms with Gasteiger partial charge >= 0.3 is 5.97 Å². The highest BCUT2D eigenvalue weighted by atomic mass is 32.2. The van der Waals surface area contributed by atoms with Crippen molar-refractivity contribution >= 4 is 17.7 Å². The molecule has 0 fully saturated rings. The molecule has 1 atom stereocenters. The summed E-state index contributed by atoms with van der Waals surface area (Å²) in [6, 6.07) is 9.75. The molecule has 0 saturated heterocycles. The van der Waals surface area contributed by atoms with Crippen LogP contribution in [0.2, 0.25) is 0 Å². The Balaban J connectivity index is 2.27. The lowest BCUT2D eigenvalue weighted by atomic mass is 10.1. The van der Waals surface area contributed by atoms with Gasteiger partial charge in [0.25, 0.3) is 0 Å². The number of rotatable bonds is 10. The second-order valence-electron chi connectivity index (χ2n) is 4.35. The van der Waals surface area contributed by atoms with E-state index in [9.17, 15) is 9.90 Å². The standard InChI is InChI=1S/C15H22O3S/c1-2-3-9-18-10-11-19-14(15(16)17)12-13-7-5-4-6-8-13/h4-8,14H,2-3,9-12H2,1H3,(H,16,17). The molecule has 1 aromatic carbocycles. The minimum absolute atomic E-state index is 0.392. The topological polar surface area (TPSA) is 46.5 Å². The molecule has 0 bridgehead atoms. The van der Waals surface area contributed by atoms with E-state index >= 15 is 0 Å². The number of carboxylic acids is 1. The molecule has 0 aliphatic carbocycles. The van der Waals surface area contributed by atoms with Crippen molar-refractivity contribution in [2.75, 3.05) is 19.0 Å². The van der Waals surface area contributed by atoms with Gasteiger partial charge in [-0.05, 0) is 18.4 Å². The molecular weight excluding hydrogens is 260 g/mol. The molecule has 3 nitrogen and oxygen atoms in total. The molecule has 1 rings (SSSR count). The summed E-state index contributed by atoms with van der Waals surface area (Å²) in [6.07, 6.45) is 2.76. The Hall–Kier alpha value is -1.00. The smallest absolute Gasteiger partial charge is 0.316 e. The lowest BCUT2D eigenvalue weighted by Crippen LogP contribution is -2.20. The highest BCUT2D eigenvalue weighted by Crippen LogP contribution is 2.17. The molecule has 4 heteroatoms. The third kappa shape index (κ3) is 7.23. The highest BCUT2D eigenvalue weighted by molar-refractivity contribution is 8.00. The van der Waals surface area contributed by atoms with E-state index in [-0.39, 0.29) is 0 Å². The Labute approximate surface area is 119 Å². The number of hydrogen-bond donors (Lipinski definition) is 1. The summed E-state index contributed by atoms with van der Waals surface area (Å²) in [6.45, 7) is 3.52. The summed E-state index contributed by atoms with van der Waals surface area (Å²) < 4.78 is 5.44. The third-order valence-corrected chi connectivity index (χ3v) is 3.90. The van der Waals surface area contributed by atoms with E-state index in [0.717, 1.165) is 30.8 Å². The number of benzene rings is 1. The van der Waals surface area contributed by atoms with E-state index in [0.29, 0.717) is 13.0 Å². The summed E-state index contributed by atoms with van der Waals surface area (Å²) in [7, 11) is 0. The second kappa shape index (κ2) is 9.87. The Morgan fingerprint density at radius 2 is 2.05 bits per heavy atom. The first kappa shape index (κ1) is 16.1. The van der Waals surface area contributed by atoms with Crippen molar-refractivity contribution in [3.05, 3.63) is 35.9 Å². The van der Waals surface area contributed by atoms with Crippen molar-refractivity contribution < 1.29 is 14.6 Å². The molecule has 1 aromatic rings. The van der Waals surface area contributed by atoms with Gasteiger partial charge in [-0.3, -0.25) is 4.79 Å². The number of unbranched alkanes of at least 4 members (excludes halogenated alkanes) is 1. The lowest BCUT2D eigenvalue weighted by molar-refractivity contribution is -0.136. The molecule has 0 aromatic heterocycles. The van der Waals surface area contributed by atoms with Gasteiger partial charge in [-0.1, -0.05) is 43.7 Å². The van der Waals surface area contributed by atoms with Crippen LogP contribution in [0.25, 0.3) is 0 Å². The highest BCUT2D eigenvalue weighted by Gasteiger charge is 2.18. The molecule has 19 heavy (non-hydrogen) atoms. The molecule has 0 spiro atoms. The fraction of sp³-hybridized carbons (Fsp3) is 0.533. The predicted octanol–water partition coefficient (Wildman–Crippen LogP) is 3.23. The first-order valence-electron chi connectivity index (χ1n) is 6.70. The zero-order valence-electron chi connectivity index (χ0n) is 11.4. The summed E-state index contributed by atoms with van der Waals surface area (Å²) in [5.74, 6) is -0.0181. The van der Waals surface area contributed by atoms with Gasteiger partial charge in [-0.25, -0.2) is 0 Å². The van der Waals surface area contributed by atoms with Gasteiger partial charge in [0.1, 0.15) is 5.25 Å². The molecule has 0 saturated carbocycles. The zero-order chi connectivity index (χ0) is 13.9. The predicted molar refractivity (Wildman–Crippen MR) is 79.8 cm³/mol. The van der Waals surface area contributed by atoms with Crippen LogP contribution in [0, 0.1) is 0 Å². The van der Waals surface area contributed by atoms with Gasteiger partial charge in [0, 0.05) is 12.4 Å². The van der Waals surface area contributed by atoms with Crippen LogP contribution in [0.3, 0.4) is 0 Å². The number of aliphatic carboxylic acids is 1. The van der Waals surface area contributed by atoms with Crippen LogP contribution in [0.5, 0.6) is 0 Å². The normalized spacial score (nSPS) is 12.3. The first-order chi connectivity index (χ1) is 9.24. The monoisotopic (exact) mass is 282 g/mol. The van der Waals surface area contributed by atoms with Gasteiger partial charge in [0.15, 0.2) is 0 Å². The van der Waals surface area contributed by atoms with Crippen LogP contribution < -0.4 is 0 Å². The van der Waals surface area contributed by atoms with E-state index in [1.807, 2.05) is 30.3 Å². The van der Waals surface area contributed by atoms with E-state index in [2.05, 4.69) is 6.92 Å². The summed E-state index contributed by atoms with van der Waals surface area (Å²) in [5.41, 5.74) is 1.06. The number of ether oxygens (including phenoxy) is 1. The van der Waals surface area contributed by atoms with Crippen molar-refractivity contribution in [1.82, 2.24) is 0 Å². The maximum atomic E-state index is 11.2. The molecule has 0 aliphatic heterocycles. The van der Waals surface area contributed by atoms with E-state index in [1.165, 1.54) is 11.8 Å². The first-order valence-corrected chi connectivity index (χ1v) is 7.75. The maximum absolute atomic E-state index is 11.2. The van der Waals surface area contributed by atoms with Crippen LogP contribution in [0.4, 0.5) is 0 Å². The van der Waals surface area contributed by atoms with E-state index in [4.69, 9.17) is 4.74 Å². The van der Waals surface area contributed by atoms with Gasteiger partial charge in [-0.2, -0.15) is 0 Å². The number of thioether (sulfide) groups is 1. The Bertz CT molecular complexity index is 354. The van der Waals surface area contributed by atoms with Crippen LogP contribution >= 0.6 is 11.8 Å². The molecule has 0 radical (unpaired) electrons. The van der Waals surface area contributed by atoms with Gasteiger partial charge in [0.05, 0.1) is 6.61 Å². The molecule has 106 valence electrons. The third-order valence-electron chi connectivity index (χ3n) is 2.73. The second-order valence-corrected chi connectivity index (χ2v) is 5.66. The quantitative estimate of drug-likeness (QED) is 0.669. The van der Waals surface area contributed by atoms with E-state index < -0.39 is 11.2 Å². The van der Waals surface area contributed by atoms with E-state index in [1.54, 1.807) is 0 Å². The largest absolute Gasteiger partial charge is 0.480 e. The zero-order valence-corrected chi connectivity index (χ0v) is 12.2. The van der Waals surface area contributed by atoms with Crippen LogP contribution in [0.1, 0.15) is 25.3 Å². The fourth-order valence-corrected chi connectivity index (χ4v) is 2.59. The minimum Gasteiger partial charge on any atom is -0.480 e. The number of carboxylic acid groups (broad SMARTS) is 1. The molecule has 1 unspecified atom stereocenters. The average molecular weight is 282 g/mol. The van der Waals surface area contributed by atoms with Crippen LogP contribution in [-0.4, -0.2) is 35.3 Å². The maximum Gasteiger partial charge on any atom is 0.316 e. The van der Waals surface area contributed by atoms with Crippen molar-refractivity contribution in [2.45, 2.75) is 31.4 Å². The van der Waals surface area contributed by atoms with Crippen molar-refractivity contribution in [3.63, 3.8) is 0 Å². The van der Waals surface area contributed by atoms with Crippen molar-refractivity contribution in [3.8, 4) is 0 Å². The molecular formula is C15H22O3S. The van der Waals surface area contributed by atoms with Gasteiger partial charge in [0.2, 0.25) is 0 Å². The molecule has 0 aliphatic rings. The number of hydrogen-bond acceptors (Lipinski definition) is 3. The van der Waals surface area contributed by atoms with Gasteiger partial charge < -0.3 is 9.84 Å². The Morgan fingerprint density at radius 3 is 2.68 bits per heavy atom. The molecule has 0 amide bonds. The number of carbonyl (C=O) groups is 1. The average Bonchev–Trinajstić information content (AvgIpc) is 2.42. The Morgan fingerprint density at radius 1 is 1.32 bits per heavy atom. The Kier molecular flexibility index (Phi) is 8.34. The minimum atomic E-state index is -0.748.